The van der Waals surface area contributed by atoms with E-state index >= 15 is 0 Å². The fourth-order valence-corrected chi connectivity index (χ4v) is 3.77. The number of benzene rings is 1. The lowest BCUT2D eigenvalue weighted by Gasteiger charge is -2.30. The van der Waals surface area contributed by atoms with Crippen LogP contribution in [0, 0.1) is 5.82 Å². The predicted octanol–water partition coefficient (Wildman–Crippen LogP) is 1.71. The molecule has 10 heteroatoms. The summed E-state index contributed by atoms with van der Waals surface area (Å²) in [6, 6.07) is 4.75. The van der Waals surface area contributed by atoms with E-state index in [1.807, 2.05) is 6.07 Å². The second kappa shape index (κ2) is 7.30. The Morgan fingerprint density at radius 2 is 2.07 bits per heavy atom. The Hall–Kier alpha value is -3.66. The van der Waals surface area contributed by atoms with Crippen LogP contribution in [0.3, 0.4) is 0 Å². The highest BCUT2D eigenvalue weighted by molar-refractivity contribution is 6.12. The van der Waals surface area contributed by atoms with E-state index in [1.54, 1.807) is 31.7 Å². The van der Waals surface area contributed by atoms with Gasteiger partial charge in [-0.3, -0.25) is 9.48 Å². The molecule has 0 radical (unpaired) electrons. The Kier molecular flexibility index (Phi) is 4.47. The normalized spacial score (nSPS) is 14.4. The monoisotopic (exact) mass is 406 g/mol. The van der Waals surface area contributed by atoms with Crippen LogP contribution in [0.2, 0.25) is 0 Å². The fourth-order valence-electron chi connectivity index (χ4n) is 3.77. The molecule has 1 saturated heterocycles. The first-order chi connectivity index (χ1) is 14.6. The molecule has 4 heterocycles. The van der Waals surface area contributed by atoms with Crippen LogP contribution in [0.5, 0.6) is 0 Å². The Morgan fingerprint density at radius 3 is 2.90 bits per heavy atom. The molecule has 1 amide bonds. The number of pyridine rings is 1. The highest BCUT2D eigenvalue weighted by Crippen LogP contribution is 2.27. The van der Waals surface area contributed by atoms with Gasteiger partial charge in [-0.2, -0.15) is 10.2 Å². The standard InChI is InChI=1S/C20H19FN8O/c1-28-11-12-8-13(9-15(21)17(12)27-28)25-20(30)19-18-14(2-3-24-26-18)16(10-23-19)29-6-4-22-5-7-29/h2-3,8-11,22H,4-7H2,1H3,(H,25,30). The highest BCUT2D eigenvalue weighted by atomic mass is 19.1. The van der Waals surface area contributed by atoms with E-state index in [0.29, 0.717) is 16.6 Å². The summed E-state index contributed by atoms with van der Waals surface area (Å²) in [7, 11) is 1.71. The van der Waals surface area contributed by atoms with E-state index in [1.165, 1.54) is 10.7 Å². The van der Waals surface area contributed by atoms with E-state index in [2.05, 4.69) is 35.8 Å². The number of carbonyl (C=O) groups is 1. The average Bonchev–Trinajstić information content (AvgIpc) is 3.14. The van der Waals surface area contributed by atoms with Crippen molar-refractivity contribution in [1.29, 1.82) is 0 Å². The molecule has 152 valence electrons. The van der Waals surface area contributed by atoms with Gasteiger partial charge in [0.2, 0.25) is 0 Å². The van der Waals surface area contributed by atoms with Gasteiger partial charge in [0.15, 0.2) is 11.5 Å². The minimum absolute atomic E-state index is 0.142. The van der Waals surface area contributed by atoms with Crippen molar-refractivity contribution in [1.82, 2.24) is 30.3 Å². The number of nitrogens with one attached hydrogen (secondary N) is 2. The van der Waals surface area contributed by atoms with E-state index in [-0.39, 0.29) is 11.2 Å². The molecule has 5 rings (SSSR count). The number of aryl methyl sites for hydroxylation is 1. The van der Waals surface area contributed by atoms with Gasteiger partial charge in [-0.05, 0) is 18.2 Å². The van der Waals surface area contributed by atoms with Gasteiger partial charge < -0.3 is 15.5 Å². The Balaban J connectivity index is 1.51. The quantitative estimate of drug-likeness (QED) is 0.534. The van der Waals surface area contributed by atoms with Gasteiger partial charge in [0.1, 0.15) is 11.0 Å². The van der Waals surface area contributed by atoms with Gasteiger partial charge in [-0.1, -0.05) is 0 Å². The van der Waals surface area contributed by atoms with Crippen LogP contribution in [0.1, 0.15) is 10.5 Å². The van der Waals surface area contributed by atoms with Crippen molar-refractivity contribution in [2.24, 2.45) is 7.05 Å². The molecule has 30 heavy (non-hydrogen) atoms. The Bertz CT molecular complexity index is 1260. The zero-order valence-corrected chi connectivity index (χ0v) is 16.3. The van der Waals surface area contributed by atoms with Crippen molar-refractivity contribution >= 4 is 39.1 Å². The number of piperazine rings is 1. The van der Waals surface area contributed by atoms with Crippen molar-refractivity contribution in [3.63, 3.8) is 0 Å². The average molecular weight is 406 g/mol. The molecule has 1 aliphatic heterocycles. The zero-order chi connectivity index (χ0) is 20.7. The van der Waals surface area contributed by atoms with Crippen LogP contribution >= 0.6 is 0 Å². The Morgan fingerprint density at radius 1 is 1.23 bits per heavy atom. The molecule has 1 aliphatic rings. The van der Waals surface area contributed by atoms with Gasteiger partial charge in [-0.15, -0.1) is 5.10 Å². The van der Waals surface area contributed by atoms with Crippen molar-refractivity contribution in [3.8, 4) is 0 Å². The lowest BCUT2D eigenvalue weighted by atomic mass is 10.1. The van der Waals surface area contributed by atoms with Gasteiger partial charge >= 0.3 is 0 Å². The molecule has 1 fully saturated rings. The largest absolute Gasteiger partial charge is 0.367 e. The number of amides is 1. The number of fused-ring (bicyclic) bond motifs is 2. The molecule has 2 N–H and O–H groups in total. The molecule has 3 aromatic heterocycles. The second-order valence-corrected chi connectivity index (χ2v) is 7.18. The van der Waals surface area contributed by atoms with Crippen LogP contribution in [-0.2, 0) is 7.05 Å². The molecular formula is C20H19FN8O. The first-order valence-electron chi connectivity index (χ1n) is 9.60. The molecule has 4 aromatic rings. The summed E-state index contributed by atoms with van der Waals surface area (Å²) in [6.45, 7) is 3.44. The third-order valence-electron chi connectivity index (χ3n) is 5.14. The number of carbonyl (C=O) groups excluding carboxylic acids is 1. The Labute approximate surface area is 170 Å². The summed E-state index contributed by atoms with van der Waals surface area (Å²) in [6.07, 6.45) is 4.98. The number of aromatic nitrogens is 5. The number of halogens is 1. The summed E-state index contributed by atoms with van der Waals surface area (Å²) in [5, 5.41) is 19.6. The van der Waals surface area contributed by atoms with Crippen LogP contribution < -0.4 is 15.5 Å². The number of anilines is 2. The highest BCUT2D eigenvalue weighted by Gasteiger charge is 2.20. The van der Waals surface area contributed by atoms with E-state index in [0.717, 1.165) is 37.3 Å². The summed E-state index contributed by atoms with van der Waals surface area (Å²) in [4.78, 5) is 19.5. The van der Waals surface area contributed by atoms with Crippen LogP contribution in [0.15, 0.2) is 36.8 Å². The molecule has 1 aromatic carbocycles. The third kappa shape index (κ3) is 3.20. The minimum atomic E-state index is -0.505. The SMILES string of the molecule is Cn1cc2cc(NC(=O)c3ncc(N4CCNCC4)c4ccnnc34)cc(F)c2n1. The maximum Gasteiger partial charge on any atom is 0.276 e. The predicted molar refractivity (Wildman–Crippen MR) is 111 cm³/mol. The third-order valence-corrected chi connectivity index (χ3v) is 5.14. The fraction of sp³-hybridized carbons (Fsp3) is 0.250. The molecule has 0 unspecified atom stereocenters. The summed E-state index contributed by atoms with van der Waals surface area (Å²) < 4.78 is 15.9. The zero-order valence-electron chi connectivity index (χ0n) is 16.3. The van der Waals surface area contributed by atoms with E-state index in [4.69, 9.17) is 0 Å². The first-order valence-corrected chi connectivity index (χ1v) is 9.60. The van der Waals surface area contributed by atoms with Gasteiger partial charge in [-0.25, -0.2) is 9.37 Å². The van der Waals surface area contributed by atoms with Crippen molar-refractivity contribution < 1.29 is 9.18 Å². The minimum Gasteiger partial charge on any atom is -0.367 e. The smallest absolute Gasteiger partial charge is 0.276 e. The summed E-state index contributed by atoms with van der Waals surface area (Å²) >= 11 is 0. The number of hydrogen-bond donors (Lipinski definition) is 2. The van der Waals surface area contributed by atoms with Gasteiger partial charge in [0, 0.05) is 55.9 Å². The van der Waals surface area contributed by atoms with Crippen LogP contribution in [0.25, 0.3) is 21.8 Å². The second-order valence-electron chi connectivity index (χ2n) is 7.18. The first kappa shape index (κ1) is 18.4. The lowest BCUT2D eigenvalue weighted by Crippen LogP contribution is -2.43. The van der Waals surface area contributed by atoms with Crippen molar-refractivity contribution in [2.45, 2.75) is 0 Å². The molecule has 0 saturated carbocycles. The molecule has 0 atom stereocenters. The van der Waals surface area contributed by atoms with Crippen LogP contribution in [0.4, 0.5) is 15.8 Å². The van der Waals surface area contributed by atoms with E-state index < -0.39 is 11.7 Å². The maximum absolute atomic E-state index is 14.3. The maximum atomic E-state index is 14.3. The van der Waals surface area contributed by atoms with Gasteiger partial charge in [0.25, 0.3) is 5.91 Å². The van der Waals surface area contributed by atoms with Crippen LogP contribution in [-0.4, -0.2) is 57.0 Å². The van der Waals surface area contributed by atoms with Crippen molar-refractivity contribution in [2.75, 3.05) is 36.4 Å². The summed E-state index contributed by atoms with van der Waals surface area (Å²) in [5.41, 5.74) is 2.05. The number of hydrogen-bond acceptors (Lipinski definition) is 7. The molecule has 9 nitrogen and oxygen atoms in total. The molecule has 0 bridgehead atoms. The van der Waals surface area contributed by atoms with Gasteiger partial charge in [0.05, 0.1) is 18.1 Å². The lowest BCUT2D eigenvalue weighted by molar-refractivity contribution is 0.102. The molecule has 0 spiro atoms. The number of nitrogens with zero attached hydrogens (tertiary/aromatic N) is 6. The van der Waals surface area contributed by atoms with Crippen molar-refractivity contribution in [3.05, 3.63) is 48.3 Å². The summed E-state index contributed by atoms with van der Waals surface area (Å²) in [5.74, 6) is -0.981. The number of rotatable bonds is 3. The topological polar surface area (TPSA) is 101 Å². The van der Waals surface area contributed by atoms with E-state index in [9.17, 15) is 9.18 Å². The molecular weight excluding hydrogens is 387 g/mol. The molecule has 0 aliphatic carbocycles.